The number of imide groups is 1. The quantitative estimate of drug-likeness (QED) is 0.531. The fourth-order valence-corrected chi connectivity index (χ4v) is 3.23. The number of phenols is 1. The summed E-state index contributed by atoms with van der Waals surface area (Å²) in [7, 11) is 0. The van der Waals surface area contributed by atoms with E-state index >= 15 is 0 Å². The maximum absolute atomic E-state index is 12.0. The first-order valence-corrected chi connectivity index (χ1v) is 8.76. The van der Waals surface area contributed by atoms with Gasteiger partial charge in [-0.25, -0.2) is 14.7 Å². The van der Waals surface area contributed by atoms with Gasteiger partial charge in [0.05, 0.1) is 12.2 Å². The van der Waals surface area contributed by atoms with Gasteiger partial charge in [-0.05, 0) is 48.4 Å². The van der Waals surface area contributed by atoms with Crippen LogP contribution in [0.1, 0.15) is 5.56 Å². The number of anilines is 1. The average Bonchev–Trinajstić information content (AvgIpc) is 3.31. The number of imidazole rings is 1. The van der Waals surface area contributed by atoms with Crippen LogP contribution in [0.4, 0.5) is 10.5 Å². The highest BCUT2D eigenvalue weighted by molar-refractivity contribution is 6.19. The third-order valence-corrected chi connectivity index (χ3v) is 4.55. The zero-order valence-electron chi connectivity index (χ0n) is 15.0. The van der Waals surface area contributed by atoms with Crippen LogP contribution in [-0.2, 0) is 11.2 Å². The van der Waals surface area contributed by atoms with E-state index < -0.39 is 6.03 Å². The summed E-state index contributed by atoms with van der Waals surface area (Å²) in [6.45, 7) is 3.72. The minimum Gasteiger partial charge on any atom is -0.508 e. The van der Waals surface area contributed by atoms with Crippen molar-refractivity contribution in [3.8, 4) is 22.8 Å². The van der Waals surface area contributed by atoms with E-state index in [-0.39, 0.29) is 18.2 Å². The second-order valence-electron chi connectivity index (χ2n) is 6.36. The van der Waals surface area contributed by atoms with Gasteiger partial charge < -0.3 is 10.4 Å². The number of benzene rings is 2. The highest BCUT2D eigenvalue weighted by Gasteiger charge is 2.30. The number of carbonyl (C=O) groups is 2. The molecule has 2 heterocycles. The van der Waals surface area contributed by atoms with Gasteiger partial charge in [-0.15, -0.1) is 6.58 Å². The Bertz CT molecular complexity index is 1070. The number of aromatic nitrogens is 2. The van der Waals surface area contributed by atoms with Crippen LogP contribution in [0.3, 0.4) is 0 Å². The Morgan fingerprint density at radius 2 is 2.00 bits per heavy atom. The summed E-state index contributed by atoms with van der Waals surface area (Å²) < 4.78 is 1.87. The normalized spacial score (nSPS) is 13.6. The molecule has 0 radical (unpaired) electrons. The van der Waals surface area contributed by atoms with Crippen molar-refractivity contribution in [3.05, 3.63) is 73.1 Å². The van der Waals surface area contributed by atoms with Gasteiger partial charge in [0.1, 0.15) is 11.6 Å². The summed E-state index contributed by atoms with van der Waals surface area (Å²) in [5.74, 6) is 0.600. The summed E-state index contributed by atoms with van der Waals surface area (Å²) in [6, 6.07) is 12.0. The first kappa shape index (κ1) is 17.5. The molecule has 4 rings (SSSR count). The van der Waals surface area contributed by atoms with E-state index in [4.69, 9.17) is 0 Å². The number of nitrogens with one attached hydrogen (secondary N) is 1. The van der Waals surface area contributed by atoms with Gasteiger partial charge in [0, 0.05) is 23.6 Å². The second kappa shape index (κ2) is 7.03. The highest BCUT2D eigenvalue weighted by atomic mass is 16.3. The Kier molecular flexibility index (Phi) is 4.41. The molecule has 0 aliphatic carbocycles. The average molecular weight is 374 g/mol. The monoisotopic (exact) mass is 374 g/mol. The third kappa shape index (κ3) is 3.03. The largest absolute Gasteiger partial charge is 0.508 e. The second-order valence-corrected chi connectivity index (χ2v) is 6.36. The topological polar surface area (TPSA) is 87.5 Å². The van der Waals surface area contributed by atoms with E-state index in [0.717, 1.165) is 21.7 Å². The lowest BCUT2D eigenvalue weighted by atomic mass is 10.1. The standard InChI is InChI=1S/C21H18N4O3/c1-2-4-14-11-15(7-8-18(14)26)20-22-9-10-24(20)16-5-3-6-17(12-16)25-19(27)13-23-21(25)28/h2-3,5-12,26H,1,4,13H2,(H,23,28). The summed E-state index contributed by atoms with van der Waals surface area (Å²) >= 11 is 0. The van der Waals surface area contributed by atoms with Gasteiger partial charge in [-0.2, -0.15) is 0 Å². The fraction of sp³-hybridized carbons (Fsp3) is 0.0952. The SMILES string of the molecule is C=CCc1cc(-c2nccn2-c2cccc(N3C(=O)CNC3=O)c2)ccc1O. The Morgan fingerprint density at radius 3 is 2.75 bits per heavy atom. The maximum atomic E-state index is 12.0. The number of nitrogens with zero attached hydrogens (tertiary/aromatic N) is 3. The molecule has 3 aromatic rings. The Hall–Kier alpha value is -3.87. The van der Waals surface area contributed by atoms with Crippen molar-refractivity contribution in [1.82, 2.24) is 14.9 Å². The van der Waals surface area contributed by atoms with E-state index in [2.05, 4.69) is 16.9 Å². The molecule has 140 valence electrons. The molecular formula is C21H18N4O3. The van der Waals surface area contributed by atoms with Gasteiger partial charge in [0.2, 0.25) is 0 Å². The van der Waals surface area contributed by atoms with Gasteiger partial charge in [0.25, 0.3) is 5.91 Å². The smallest absolute Gasteiger partial charge is 0.329 e. The lowest BCUT2D eigenvalue weighted by Crippen LogP contribution is -2.30. The lowest BCUT2D eigenvalue weighted by Gasteiger charge is -2.15. The molecule has 28 heavy (non-hydrogen) atoms. The molecule has 0 saturated carbocycles. The Balaban J connectivity index is 1.75. The van der Waals surface area contributed by atoms with Gasteiger partial charge >= 0.3 is 6.03 Å². The third-order valence-electron chi connectivity index (χ3n) is 4.55. The molecule has 3 amide bonds. The van der Waals surface area contributed by atoms with E-state index in [1.165, 1.54) is 0 Å². The van der Waals surface area contributed by atoms with Crippen LogP contribution in [0.5, 0.6) is 5.75 Å². The Labute approximate surface area is 161 Å². The molecule has 1 aliphatic heterocycles. The summed E-state index contributed by atoms with van der Waals surface area (Å²) in [4.78, 5) is 29.5. The predicted molar refractivity (Wildman–Crippen MR) is 105 cm³/mol. The van der Waals surface area contributed by atoms with Crippen molar-refractivity contribution < 1.29 is 14.7 Å². The number of urea groups is 1. The number of rotatable bonds is 5. The van der Waals surface area contributed by atoms with Gasteiger partial charge in [-0.3, -0.25) is 9.36 Å². The zero-order chi connectivity index (χ0) is 19.7. The fourth-order valence-electron chi connectivity index (χ4n) is 3.23. The minimum absolute atomic E-state index is 0.00102. The molecule has 7 nitrogen and oxygen atoms in total. The molecular weight excluding hydrogens is 356 g/mol. The molecule has 0 atom stereocenters. The van der Waals surface area contributed by atoms with Crippen LogP contribution < -0.4 is 10.2 Å². The van der Waals surface area contributed by atoms with Crippen LogP contribution in [0.25, 0.3) is 17.1 Å². The number of allylic oxidation sites excluding steroid dienone is 1. The molecule has 2 N–H and O–H groups in total. The number of aromatic hydroxyl groups is 1. The molecule has 0 bridgehead atoms. The lowest BCUT2D eigenvalue weighted by molar-refractivity contribution is -0.115. The van der Waals surface area contributed by atoms with Crippen molar-refractivity contribution >= 4 is 17.6 Å². The van der Waals surface area contributed by atoms with Crippen molar-refractivity contribution in [2.45, 2.75) is 6.42 Å². The highest BCUT2D eigenvalue weighted by Crippen LogP contribution is 2.29. The van der Waals surface area contributed by atoms with Crippen LogP contribution in [-0.4, -0.2) is 33.1 Å². The molecule has 0 spiro atoms. The van der Waals surface area contributed by atoms with E-state index in [0.29, 0.717) is 17.9 Å². The summed E-state index contributed by atoms with van der Waals surface area (Å²) in [6.07, 6.45) is 5.76. The van der Waals surface area contributed by atoms with Crippen LogP contribution >= 0.6 is 0 Å². The van der Waals surface area contributed by atoms with Crippen LogP contribution in [0, 0.1) is 0 Å². The first-order chi connectivity index (χ1) is 13.6. The van der Waals surface area contributed by atoms with Gasteiger partial charge in [-0.1, -0.05) is 12.1 Å². The van der Waals surface area contributed by atoms with Crippen LogP contribution in [0.2, 0.25) is 0 Å². The summed E-state index contributed by atoms with van der Waals surface area (Å²) in [5, 5.41) is 12.5. The maximum Gasteiger partial charge on any atom is 0.329 e. The molecule has 1 saturated heterocycles. The van der Waals surface area contributed by atoms with E-state index in [1.807, 2.05) is 16.7 Å². The number of carbonyl (C=O) groups excluding carboxylic acids is 2. The van der Waals surface area contributed by atoms with Crippen molar-refractivity contribution in [2.75, 3.05) is 11.4 Å². The molecule has 1 fully saturated rings. The van der Waals surface area contributed by atoms with Gasteiger partial charge in [0.15, 0.2) is 0 Å². The number of hydrogen-bond donors (Lipinski definition) is 2. The van der Waals surface area contributed by atoms with Crippen LogP contribution in [0.15, 0.2) is 67.5 Å². The van der Waals surface area contributed by atoms with Crippen molar-refractivity contribution in [3.63, 3.8) is 0 Å². The van der Waals surface area contributed by atoms with E-state index in [9.17, 15) is 14.7 Å². The molecule has 2 aromatic carbocycles. The zero-order valence-corrected chi connectivity index (χ0v) is 15.0. The molecule has 1 aromatic heterocycles. The first-order valence-electron chi connectivity index (χ1n) is 8.76. The van der Waals surface area contributed by atoms with Crippen molar-refractivity contribution in [1.29, 1.82) is 0 Å². The van der Waals surface area contributed by atoms with Crippen molar-refractivity contribution in [2.24, 2.45) is 0 Å². The number of amides is 3. The minimum atomic E-state index is -0.430. The number of phenolic OH excluding ortho intramolecular Hbond substituents is 1. The Morgan fingerprint density at radius 1 is 1.18 bits per heavy atom. The molecule has 7 heteroatoms. The van der Waals surface area contributed by atoms with E-state index in [1.54, 1.807) is 48.8 Å². The summed E-state index contributed by atoms with van der Waals surface area (Å²) in [5.41, 5.74) is 2.85. The molecule has 0 unspecified atom stereocenters. The number of hydrogen-bond acceptors (Lipinski definition) is 4. The predicted octanol–water partition coefficient (Wildman–Crippen LogP) is 3.03. The molecule has 1 aliphatic rings.